The number of halogens is 4. The second-order valence-corrected chi connectivity index (χ2v) is 7.40. The van der Waals surface area contributed by atoms with Crippen molar-refractivity contribution in [2.75, 3.05) is 25.0 Å². The number of amides is 2. The van der Waals surface area contributed by atoms with Gasteiger partial charge in [0.15, 0.2) is 0 Å². The molecule has 3 N–H and O–H groups in total. The van der Waals surface area contributed by atoms with Gasteiger partial charge in [0.25, 0.3) is 0 Å². The van der Waals surface area contributed by atoms with Crippen LogP contribution in [0.4, 0.5) is 23.8 Å². The summed E-state index contributed by atoms with van der Waals surface area (Å²) in [6, 6.07) is 3.72. The monoisotopic (exact) mass is 456 g/mol. The van der Waals surface area contributed by atoms with Gasteiger partial charge in [-0.05, 0) is 29.7 Å². The van der Waals surface area contributed by atoms with Crippen LogP contribution in [0, 0.1) is 0 Å². The zero-order valence-corrected chi connectivity index (χ0v) is 17.0. The highest BCUT2D eigenvalue weighted by Gasteiger charge is 2.27. The topological polar surface area (TPSA) is 98.6 Å². The van der Waals surface area contributed by atoms with E-state index in [2.05, 4.69) is 15.3 Å². The first-order valence-corrected chi connectivity index (χ1v) is 9.75. The molecule has 0 bridgehead atoms. The minimum absolute atomic E-state index is 0.0120. The lowest BCUT2D eigenvalue weighted by Gasteiger charge is -2.26. The first-order chi connectivity index (χ1) is 14.7. The van der Waals surface area contributed by atoms with Gasteiger partial charge in [-0.1, -0.05) is 23.7 Å². The van der Waals surface area contributed by atoms with Crippen LogP contribution >= 0.6 is 11.6 Å². The average molecular weight is 457 g/mol. The Bertz CT molecular complexity index is 967. The summed E-state index contributed by atoms with van der Waals surface area (Å²) in [5, 5.41) is 21.6. The molecule has 2 aromatic heterocycles. The van der Waals surface area contributed by atoms with E-state index >= 15 is 0 Å². The van der Waals surface area contributed by atoms with Crippen LogP contribution in [-0.2, 0) is 6.42 Å². The van der Waals surface area contributed by atoms with Crippen LogP contribution in [0.2, 0.25) is 5.02 Å². The lowest BCUT2D eigenvalue weighted by Crippen LogP contribution is -2.38. The lowest BCUT2D eigenvalue weighted by molar-refractivity contribution is -0.127. The molecule has 0 aromatic carbocycles. The van der Waals surface area contributed by atoms with Gasteiger partial charge in [0.1, 0.15) is 11.9 Å². The highest BCUT2D eigenvalue weighted by atomic mass is 35.5. The molecule has 2 aromatic rings. The van der Waals surface area contributed by atoms with Crippen molar-refractivity contribution in [2.45, 2.75) is 25.1 Å². The Kier molecular flexibility index (Phi) is 7.14. The molecule has 166 valence electrons. The summed E-state index contributed by atoms with van der Waals surface area (Å²) in [5.41, 5.74) is 1.80. The van der Waals surface area contributed by atoms with Gasteiger partial charge in [-0.25, -0.2) is 9.78 Å². The number of nitrogens with zero attached hydrogens (tertiary/aromatic N) is 3. The fraction of sp³-hybridized carbons (Fsp3) is 0.350. The number of carbonyl (C=O) groups excluding carboxylic acids is 1. The average Bonchev–Trinajstić information content (AvgIpc) is 2.73. The number of alkyl halides is 3. The van der Waals surface area contributed by atoms with Crippen molar-refractivity contribution in [1.82, 2.24) is 14.9 Å². The van der Waals surface area contributed by atoms with Crippen LogP contribution in [0.15, 0.2) is 36.7 Å². The number of rotatable bonds is 5. The number of hydrogen-bond donors (Lipinski definition) is 3. The number of aromatic nitrogens is 2. The maximum absolute atomic E-state index is 12.4. The first kappa shape index (κ1) is 23.0. The normalized spacial score (nSPS) is 15.4. The number of aliphatic hydroxyl groups is 2. The maximum atomic E-state index is 12.4. The van der Waals surface area contributed by atoms with Gasteiger partial charge in [-0.15, -0.1) is 0 Å². The van der Waals surface area contributed by atoms with Crippen molar-refractivity contribution in [2.24, 2.45) is 0 Å². The SMILES string of the molecule is O=C(Nc1ccc(CC(F)(F)F)cn1)N1CC=C(c2ncc([C@H](O)CO)cc2Cl)CC1. The minimum Gasteiger partial charge on any atom is -0.393 e. The Morgan fingerprint density at radius 2 is 2.06 bits per heavy atom. The number of anilines is 1. The van der Waals surface area contributed by atoms with E-state index in [0.29, 0.717) is 29.2 Å². The molecular weight excluding hydrogens is 437 g/mol. The Morgan fingerprint density at radius 3 is 2.61 bits per heavy atom. The van der Waals surface area contributed by atoms with Crippen LogP contribution in [-0.4, -0.2) is 57.0 Å². The van der Waals surface area contributed by atoms with Gasteiger partial charge in [-0.2, -0.15) is 13.2 Å². The second-order valence-electron chi connectivity index (χ2n) is 7.00. The third-order valence-electron chi connectivity index (χ3n) is 4.68. The van der Waals surface area contributed by atoms with E-state index in [4.69, 9.17) is 16.7 Å². The molecule has 0 aliphatic carbocycles. The predicted octanol–water partition coefficient (Wildman–Crippen LogP) is 3.58. The standard InChI is InChI=1S/C20H20ClF3N4O3/c21-15-7-14(16(30)11-29)10-26-18(15)13-3-5-28(6-4-13)19(31)27-17-2-1-12(9-25-17)8-20(22,23)24/h1-3,7,9-10,16,29-30H,4-6,8,11H2,(H,25,27,31)/t16-/m1/s1. The highest BCUT2D eigenvalue weighted by Crippen LogP contribution is 2.29. The van der Waals surface area contributed by atoms with Gasteiger partial charge >= 0.3 is 12.2 Å². The second kappa shape index (κ2) is 9.63. The van der Waals surface area contributed by atoms with Gasteiger partial charge in [-0.3, -0.25) is 10.3 Å². The predicted molar refractivity (Wildman–Crippen MR) is 108 cm³/mol. The van der Waals surface area contributed by atoms with E-state index in [1.807, 2.05) is 0 Å². The smallest absolute Gasteiger partial charge is 0.393 e. The fourth-order valence-corrected chi connectivity index (χ4v) is 3.36. The molecule has 11 heteroatoms. The van der Waals surface area contributed by atoms with Crippen molar-refractivity contribution in [3.8, 4) is 0 Å². The quantitative estimate of drug-likeness (QED) is 0.638. The summed E-state index contributed by atoms with van der Waals surface area (Å²) in [5.74, 6) is 0.161. The summed E-state index contributed by atoms with van der Waals surface area (Å²) in [7, 11) is 0. The molecule has 0 unspecified atom stereocenters. The van der Waals surface area contributed by atoms with E-state index in [-0.39, 0.29) is 17.9 Å². The summed E-state index contributed by atoms with van der Waals surface area (Å²) in [6.45, 7) is 0.221. The van der Waals surface area contributed by atoms with Gasteiger partial charge in [0.2, 0.25) is 0 Å². The van der Waals surface area contributed by atoms with Crippen LogP contribution in [0.3, 0.4) is 0 Å². The molecule has 1 atom stereocenters. The summed E-state index contributed by atoms with van der Waals surface area (Å²) in [4.78, 5) is 22.1. The van der Waals surface area contributed by atoms with Gasteiger partial charge in [0.05, 0.1) is 23.7 Å². The Hall–Kier alpha value is -2.69. The zero-order valence-electron chi connectivity index (χ0n) is 16.2. The minimum atomic E-state index is -4.32. The van der Waals surface area contributed by atoms with Crippen LogP contribution in [0.25, 0.3) is 5.57 Å². The van der Waals surface area contributed by atoms with Crippen molar-refractivity contribution in [1.29, 1.82) is 0 Å². The van der Waals surface area contributed by atoms with Crippen LogP contribution < -0.4 is 5.32 Å². The molecular formula is C20H20ClF3N4O3. The molecule has 1 aliphatic heterocycles. The van der Waals surface area contributed by atoms with Crippen LogP contribution in [0.5, 0.6) is 0 Å². The highest BCUT2D eigenvalue weighted by molar-refractivity contribution is 6.32. The number of urea groups is 1. The molecule has 1 aliphatic rings. The Balaban J connectivity index is 1.60. The van der Waals surface area contributed by atoms with Crippen molar-refractivity contribution < 1.29 is 28.2 Å². The number of carbonyl (C=O) groups is 1. The molecule has 0 fully saturated rings. The van der Waals surface area contributed by atoms with Crippen molar-refractivity contribution in [3.05, 3.63) is 58.5 Å². The molecule has 7 nitrogen and oxygen atoms in total. The molecule has 0 radical (unpaired) electrons. The summed E-state index contributed by atoms with van der Waals surface area (Å²) in [6.07, 6.45) is -1.64. The van der Waals surface area contributed by atoms with Crippen LogP contribution in [0.1, 0.15) is 29.3 Å². The molecule has 3 rings (SSSR count). The third kappa shape index (κ3) is 6.16. The molecule has 0 saturated carbocycles. The zero-order chi connectivity index (χ0) is 22.6. The first-order valence-electron chi connectivity index (χ1n) is 9.37. The van der Waals surface area contributed by atoms with Gasteiger partial charge in [0, 0.05) is 31.0 Å². The number of pyridine rings is 2. The molecule has 0 spiro atoms. The van der Waals surface area contributed by atoms with Crippen molar-refractivity contribution >= 4 is 29.0 Å². The molecule has 31 heavy (non-hydrogen) atoms. The largest absolute Gasteiger partial charge is 0.393 e. The number of hydrogen-bond acceptors (Lipinski definition) is 5. The number of aliphatic hydroxyl groups excluding tert-OH is 2. The number of nitrogens with one attached hydrogen (secondary N) is 1. The van der Waals surface area contributed by atoms with E-state index < -0.39 is 31.3 Å². The summed E-state index contributed by atoms with van der Waals surface area (Å²) >= 11 is 6.26. The summed E-state index contributed by atoms with van der Waals surface area (Å²) < 4.78 is 37.2. The van der Waals surface area contributed by atoms with E-state index in [1.165, 1.54) is 23.2 Å². The van der Waals surface area contributed by atoms with E-state index in [1.54, 1.807) is 12.1 Å². The third-order valence-corrected chi connectivity index (χ3v) is 4.97. The maximum Gasteiger partial charge on any atom is 0.393 e. The van der Waals surface area contributed by atoms with E-state index in [0.717, 1.165) is 11.8 Å². The lowest BCUT2D eigenvalue weighted by atomic mass is 10.0. The Labute approximate surface area is 181 Å². The fourth-order valence-electron chi connectivity index (χ4n) is 3.07. The van der Waals surface area contributed by atoms with Gasteiger partial charge < -0.3 is 15.1 Å². The Morgan fingerprint density at radius 1 is 1.29 bits per heavy atom. The molecule has 3 heterocycles. The van der Waals surface area contributed by atoms with Crippen molar-refractivity contribution in [3.63, 3.8) is 0 Å². The van der Waals surface area contributed by atoms with E-state index in [9.17, 15) is 23.1 Å². The molecule has 2 amide bonds. The molecule has 0 saturated heterocycles.